The van der Waals surface area contributed by atoms with Crippen molar-refractivity contribution < 1.29 is 9.59 Å². The van der Waals surface area contributed by atoms with Gasteiger partial charge < -0.3 is 0 Å². The Kier molecular flexibility index (Phi) is 6.71. The lowest BCUT2D eigenvalue weighted by atomic mass is 10.3. The third-order valence-electron chi connectivity index (χ3n) is 1.13. The molecular weight excluding hydrogens is 160 g/mol. The van der Waals surface area contributed by atoms with Crippen LogP contribution in [-0.4, -0.2) is 24.4 Å². The fourth-order valence-electron chi connectivity index (χ4n) is 0.545. The molecule has 0 radical (unpaired) electrons. The van der Waals surface area contributed by atoms with Crippen molar-refractivity contribution in [3.8, 4) is 0 Å². The molecule has 0 bridgehead atoms. The predicted molar refractivity (Wildman–Crippen MR) is 41.7 cm³/mol. The van der Waals surface area contributed by atoms with E-state index in [1.54, 1.807) is 0 Å². The number of carbonyl (C=O) groups is 2. The van der Waals surface area contributed by atoms with Gasteiger partial charge in [-0.25, -0.2) is 10.4 Å². The maximum atomic E-state index is 10.3. The van der Waals surface area contributed by atoms with E-state index in [-0.39, 0.29) is 0 Å². The molecular formula is C6H12N4O2. The third-order valence-corrected chi connectivity index (χ3v) is 1.13. The van der Waals surface area contributed by atoms with Crippen molar-refractivity contribution >= 4 is 12.8 Å². The van der Waals surface area contributed by atoms with Gasteiger partial charge in [0.15, 0.2) is 0 Å². The van der Waals surface area contributed by atoms with E-state index >= 15 is 0 Å². The van der Waals surface area contributed by atoms with E-state index in [1.165, 1.54) is 0 Å². The summed E-state index contributed by atoms with van der Waals surface area (Å²) in [4.78, 5) is 20.0. The Morgan fingerprint density at radius 2 is 2.25 bits per heavy atom. The first-order valence-electron chi connectivity index (χ1n) is 3.67. The smallest absolute Gasteiger partial charge is 0.231 e. The van der Waals surface area contributed by atoms with Gasteiger partial charge in [0, 0.05) is 6.54 Å². The fraction of sp³-hybridized carbons (Fsp3) is 0.667. The topological polar surface area (TPSA) is 74.1 Å². The van der Waals surface area contributed by atoms with Crippen LogP contribution in [0, 0.1) is 0 Å². The van der Waals surface area contributed by atoms with Gasteiger partial charge in [-0.2, -0.15) is 0 Å². The van der Waals surface area contributed by atoms with E-state index in [0.29, 0.717) is 19.4 Å². The van der Waals surface area contributed by atoms with Gasteiger partial charge in [-0.05, 0) is 16.9 Å². The standard InChI is InChI=1S/C6H12N4O2/c1-2-3-4-10(6-12)9-8-7-5-11/h5-6H,2-4H2,1H3,(H,7,9,11). The van der Waals surface area contributed by atoms with Crippen molar-refractivity contribution in [3.63, 3.8) is 0 Å². The summed E-state index contributed by atoms with van der Waals surface area (Å²) in [6.07, 6.45) is 2.78. The van der Waals surface area contributed by atoms with Gasteiger partial charge in [0.2, 0.25) is 12.8 Å². The number of rotatable bonds is 7. The number of hydrogen-bond acceptors (Lipinski definition) is 4. The molecule has 0 aliphatic carbocycles. The van der Waals surface area contributed by atoms with Crippen molar-refractivity contribution in [2.24, 2.45) is 10.4 Å². The molecule has 0 atom stereocenters. The zero-order valence-electron chi connectivity index (χ0n) is 6.93. The zero-order valence-corrected chi connectivity index (χ0v) is 6.93. The summed E-state index contributed by atoms with van der Waals surface area (Å²) in [7, 11) is 0. The summed E-state index contributed by atoms with van der Waals surface area (Å²) < 4.78 is 0. The lowest BCUT2D eigenvalue weighted by molar-refractivity contribution is -0.119. The molecule has 12 heavy (non-hydrogen) atoms. The van der Waals surface area contributed by atoms with Gasteiger partial charge in [0.25, 0.3) is 0 Å². The minimum Gasteiger partial charge on any atom is -0.277 e. The Bertz CT molecular complexity index is 160. The second kappa shape index (κ2) is 7.64. The molecule has 0 saturated carbocycles. The molecule has 2 amide bonds. The van der Waals surface area contributed by atoms with Crippen LogP contribution in [0.1, 0.15) is 19.8 Å². The molecule has 0 fully saturated rings. The number of unbranched alkanes of at least 4 members (excludes halogenated alkanes) is 1. The highest BCUT2D eigenvalue weighted by molar-refractivity contribution is 5.46. The average Bonchev–Trinajstić information content (AvgIpc) is 2.11. The molecule has 0 aromatic rings. The SMILES string of the molecule is CCCCN(C=O)/N=N/NC=O. The number of hydrogen-bond donors (Lipinski definition) is 1. The molecule has 0 aliphatic rings. The van der Waals surface area contributed by atoms with Crippen LogP contribution < -0.4 is 5.43 Å². The molecule has 0 unspecified atom stereocenters. The number of nitrogens with one attached hydrogen (secondary N) is 1. The van der Waals surface area contributed by atoms with Gasteiger partial charge in [0.05, 0.1) is 0 Å². The number of carbonyl (C=O) groups excluding carboxylic acids is 2. The van der Waals surface area contributed by atoms with Gasteiger partial charge in [-0.15, -0.1) is 0 Å². The highest BCUT2D eigenvalue weighted by atomic mass is 16.2. The maximum absolute atomic E-state index is 10.3. The fourth-order valence-corrected chi connectivity index (χ4v) is 0.545. The summed E-state index contributed by atoms with van der Waals surface area (Å²) in [5, 5.41) is 7.76. The Labute approximate surface area is 70.6 Å². The Hall–Kier alpha value is -1.46. The van der Waals surface area contributed by atoms with Crippen LogP contribution in [0.2, 0.25) is 0 Å². The quantitative estimate of drug-likeness (QED) is 0.340. The Morgan fingerprint density at radius 3 is 2.75 bits per heavy atom. The van der Waals surface area contributed by atoms with E-state index in [1.807, 2.05) is 12.3 Å². The van der Waals surface area contributed by atoms with E-state index in [4.69, 9.17) is 0 Å². The summed E-state index contributed by atoms with van der Waals surface area (Å²) in [6.45, 7) is 2.52. The minimum atomic E-state index is 0.381. The Balaban J connectivity index is 3.65. The van der Waals surface area contributed by atoms with Crippen molar-refractivity contribution in [1.29, 1.82) is 0 Å². The van der Waals surface area contributed by atoms with Crippen LogP contribution in [0.3, 0.4) is 0 Å². The van der Waals surface area contributed by atoms with Crippen LogP contribution in [0.4, 0.5) is 0 Å². The first kappa shape index (κ1) is 10.5. The number of nitrogens with zero attached hydrogens (tertiary/aromatic N) is 3. The summed E-state index contributed by atoms with van der Waals surface area (Å²) in [5.74, 6) is 0. The molecule has 0 aromatic carbocycles. The zero-order chi connectivity index (χ0) is 9.23. The normalized spacial score (nSPS) is 9.75. The molecule has 0 spiro atoms. The van der Waals surface area contributed by atoms with Crippen LogP contribution in [-0.2, 0) is 9.59 Å². The molecule has 0 aromatic heterocycles. The highest BCUT2D eigenvalue weighted by Crippen LogP contribution is 1.92. The van der Waals surface area contributed by atoms with Crippen LogP contribution >= 0.6 is 0 Å². The van der Waals surface area contributed by atoms with Gasteiger partial charge in [-0.3, -0.25) is 9.59 Å². The molecule has 6 nitrogen and oxygen atoms in total. The maximum Gasteiger partial charge on any atom is 0.231 e. The van der Waals surface area contributed by atoms with E-state index in [0.717, 1.165) is 17.9 Å². The van der Waals surface area contributed by atoms with Gasteiger partial charge in [-0.1, -0.05) is 13.3 Å². The summed E-state index contributed by atoms with van der Waals surface area (Å²) >= 11 is 0. The lowest BCUT2D eigenvalue weighted by Crippen LogP contribution is -2.16. The highest BCUT2D eigenvalue weighted by Gasteiger charge is 1.95. The van der Waals surface area contributed by atoms with E-state index in [2.05, 4.69) is 10.4 Å². The van der Waals surface area contributed by atoms with Gasteiger partial charge in [0.1, 0.15) is 0 Å². The molecule has 1 N–H and O–H groups in total. The first-order chi connectivity index (χ1) is 5.85. The second-order valence-corrected chi connectivity index (χ2v) is 2.06. The molecule has 0 aliphatic heterocycles. The first-order valence-corrected chi connectivity index (χ1v) is 3.67. The third kappa shape index (κ3) is 5.33. The van der Waals surface area contributed by atoms with Crippen molar-refractivity contribution in [2.75, 3.05) is 6.54 Å². The van der Waals surface area contributed by atoms with Crippen molar-refractivity contribution in [1.82, 2.24) is 10.4 Å². The number of amides is 2. The minimum absolute atomic E-state index is 0.381. The van der Waals surface area contributed by atoms with Crippen LogP contribution in [0.5, 0.6) is 0 Å². The molecule has 0 saturated heterocycles. The summed E-state index contributed by atoms with van der Waals surface area (Å²) in [5.41, 5.74) is 1.97. The summed E-state index contributed by atoms with van der Waals surface area (Å²) in [6, 6.07) is 0. The van der Waals surface area contributed by atoms with E-state index in [9.17, 15) is 9.59 Å². The second-order valence-electron chi connectivity index (χ2n) is 2.06. The monoisotopic (exact) mass is 172 g/mol. The Morgan fingerprint density at radius 1 is 1.50 bits per heavy atom. The molecule has 0 heterocycles. The molecule has 68 valence electrons. The van der Waals surface area contributed by atoms with Crippen LogP contribution in [0.15, 0.2) is 10.4 Å². The lowest BCUT2D eigenvalue weighted by Gasteiger charge is -2.06. The average molecular weight is 172 g/mol. The van der Waals surface area contributed by atoms with Crippen molar-refractivity contribution in [3.05, 3.63) is 0 Å². The molecule has 6 heteroatoms. The van der Waals surface area contributed by atoms with Gasteiger partial charge >= 0.3 is 0 Å². The van der Waals surface area contributed by atoms with Crippen LogP contribution in [0.25, 0.3) is 0 Å². The van der Waals surface area contributed by atoms with Crippen molar-refractivity contribution in [2.45, 2.75) is 19.8 Å². The largest absolute Gasteiger partial charge is 0.277 e. The predicted octanol–water partition coefficient (Wildman–Crippen LogP) is 0.273. The van der Waals surface area contributed by atoms with E-state index < -0.39 is 0 Å². The molecule has 0 rings (SSSR count).